The summed E-state index contributed by atoms with van der Waals surface area (Å²) < 4.78 is 25.3. The molecule has 2 heterocycles. The van der Waals surface area contributed by atoms with Gasteiger partial charge in [-0.05, 0) is 30.3 Å². The number of anilines is 1. The minimum atomic E-state index is -0.280. The number of fused-ring (bicyclic) bond motifs is 1. The van der Waals surface area contributed by atoms with Crippen LogP contribution in [0.1, 0.15) is 12.8 Å². The second kappa shape index (κ2) is 8.02. The largest absolute Gasteiger partial charge is 0.495 e. The van der Waals surface area contributed by atoms with E-state index in [1.165, 1.54) is 23.5 Å². The van der Waals surface area contributed by atoms with E-state index in [9.17, 15) is 9.18 Å². The van der Waals surface area contributed by atoms with Crippen molar-refractivity contribution in [2.75, 3.05) is 25.5 Å². The molecule has 1 saturated heterocycles. The van der Waals surface area contributed by atoms with E-state index in [2.05, 4.69) is 10.3 Å². The quantitative estimate of drug-likeness (QED) is 0.698. The minimum Gasteiger partial charge on any atom is -0.495 e. The topological polar surface area (TPSA) is 63.7 Å². The second-order valence-electron chi connectivity index (χ2n) is 6.53. The predicted octanol–water partition coefficient (Wildman–Crippen LogP) is 4.52. The molecule has 0 aliphatic carbocycles. The Hall–Kier alpha value is -2.87. The standard InChI is InChI=1S/C20H20FN3O3S/c1-26-17-5-3-2-4-15(17)22-19(25)24-10-8-14(9-11-24)27-20-23-16-7-6-13(21)12-18(16)28-20/h2-7,12,14H,8-11H2,1H3,(H,22,25). The molecule has 0 saturated carbocycles. The maximum atomic E-state index is 13.3. The van der Waals surface area contributed by atoms with Crippen LogP contribution in [0.25, 0.3) is 10.2 Å². The molecule has 0 radical (unpaired) electrons. The maximum Gasteiger partial charge on any atom is 0.321 e. The number of rotatable bonds is 4. The molecule has 1 fully saturated rings. The summed E-state index contributed by atoms with van der Waals surface area (Å²) in [6.45, 7) is 1.18. The van der Waals surface area contributed by atoms with Crippen LogP contribution in [0.15, 0.2) is 42.5 Å². The zero-order valence-electron chi connectivity index (χ0n) is 15.4. The third kappa shape index (κ3) is 4.01. The van der Waals surface area contributed by atoms with Crippen LogP contribution >= 0.6 is 11.3 Å². The van der Waals surface area contributed by atoms with Crippen molar-refractivity contribution in [1.82, 2.24) is 9.88 Å². The van der Waals surface area contributed by atoms with Crippen molar-refractivity contribution in [3.63, 3.8) is 0 Å². The van der Waals surface area contributed by atoms with Gasteiger partial charge in [-0.15, -0.1) is 0 Å². The van der Waals surface area contributed by atoms with E-state index in [0.29, 0.717) is 42.6 Å². The molecule has 2 aromatic carbocycles. The fourth-order valence-electron chi connectivity index (χ4n) is 3.19. The van der Waals surface area contributed by atoms with Crippen LogP contribution in [0.2, 0.25) is 0 Å². The molecule has 1 aromatic heterocycles. The third-order valence-corrected chi connectivity index (χ3v) is 5.59. The van der Waals surface area contributed by atoms with Crippen LogP contribution in [0, 0.1) is 5.82 Å². The molecule has 28 heavy (non-hydrogen) atoms. The Morgan fingerprint density at radius 2 is 2.04 bits per heavy atom. The Kier molecular flexibility index (Phi) is 5.29. The van der Waals surface area contributed by atoms with Gasteiger partial charge in [0.1, 0.15) is 17.7 Å². The highest BCUT2D eigenvalue weighted by Crippen LogP contribution is 2.30. The number of amides is 2. The summed E-state index contributed by atoms with van der Waals surface area (Å²) >= 11 is 1.34. The summed E-state index contributed by atoms with van der Waals surface area (Å²) in [6, 6.07) is 11.7. The van der Waals surface area contributed by atoms with Crippen LogP contribution in [0.3, 0.4) is 0 Å². The van der Waals surface area contributed by atoms with Crippen molar-refractivity contribution in [3.05, 3.63) is 48.3 Å². The smallest absolute Gasteiger partial charge is 0.321 e. The predicted molar refractivity (Wildman–Crippen MR) is 107 cm³/mol. The van der Waals surface area contributed by atoms with Crippen molar-refractivity contribution < 1.29 is 18.7 Å². The first-order valence-corrected chi connectivity index (χ1v) is 9.86. The fourth-order valence-corrected chi connectivity index (χ4v) is 4.10. The fraction of sp³-hybridized carbons (Fsp3) is 0.300. The van der Waals surface area contributed by atoms with E-state index in [1.54, 1.807) is 24.1 Å². The van der Waals surface area contributed by atoms with Gasteiger partial charge in [-0.1, -0.05) is 23.5 Å². The van der Waals surface area contributed by atoms with Gasteiger partial charge < -0.3 is 19.7 Å². The van der Waals surface area contributed by atoms with Crippen molar-refractivity contribution >= 4 is 33.3 Å². The van der Waals surface area contributed by atoms with Gasteiger partial charge in [0.25, 0.3) is 5.19 Å². The number of aromatic nitrogens is 1. The van der Waals surface area contributed by atoms with E-state index >= 15 is 0 Å². The number of piperidine rings is 1. The lowest BCUT2D eigenvalue weighted by atomic mass is 10.1. The molecule has 0 bridgehead atoms. The Morgan fingerprint density at radius 1 is 1.25 bits per heavy atom. The first-order chi connectivity index (χ1) is 13.6. The normalized spacial score (nSPS) is 14.9. The van der Waals surface area contributed by atoms with Crippen molar-refractivity contribution in [3.8, 4) is 10.9 Å². The monoisotopic (exact) mass is 401 g/mol. The van der Waals surface area contributed by atoms with Crippen molar-refractivity contribution in [1.29, 1.82) is 0 Å². The molecule has 0 unspecified atom stereocenters. The summed E-state index contributed by atoms with van der Waals surface area (Å²) in [4.78, 5) is 18.7. The summed E-state index contributed by atoms with van der Waals surface area (Å²) in [6.07, 6.45) is 1.41. The third-order valence-electron chi connectivity index (χ3n) is 4.68. The number of nitrogens with zero attached hydrogens (tertiary/aromatic N) is 2. The van der Waals surface area contributed by atoms with Crippen LogP contribution in [0.5, 0.6) is 10.9 Å². The minimum absolute atomic E-state index is 0.0132. The number of urea groups is 1. The Balaban J connectivity index is 1.33. The maximum absolute atomic E-state index is 13.3. The molecule has 6 nitrogen and oxygen atoms in total. The van der Waals surface area contributed by atoms with Gasteiger partial charge in [-0.2, -0.15) is 0 Å². The highest BCUT2D eigenvalue weighted by atomic mass is 32.1. The van der Waals surface area contributed by atoms with E-state index in [-0.39, 0.29) is 18.0 Å². The van der Waals surface area contributed by atoms with Gasteiger partial charge in [-0.3, -0.25) is 0 Å². The number of methoxy groups -OCH3 is 1. The first-order valence-electron chi connectivity index (χ1n) is 9.04. The molecule has 2 amide bonds. The van der Waals surface area contributed by atoms with E-state index < -0.39 is 0 Å². The molecule has 3 aromatic rings. The summed E-state index contributed by atoms with van der Waals surface area (Å²) in [5.74, 6) is 0.346. The van der Waals surface area contributed by atoms with Crippen molar-refractivity contribution in [2.45, 2.75) is 18.9 Å². The average molecular weight is 401 g/mol. The Bertz CT molecular complexity index is 986. The number of ether oxygens (including phenoxy) is 2. The van der Waals surface area contributed by atoms with Crippen LogP contribution in [0.4, 0.5) is 14.9 Å². The summed E-state index contributed by atoms with van der Waals surface area (Å²) in [7, 11) is 1.57. The number of halogens is 1. The van der Waals surface area contributed by atoms with E-state index in [0.717, 1.165) is 10.2 Å². The van der Waals surface area contributed by atoms with E-state index in [4.69, 9.17) is 9.47 Å². The Morgan fingerprint density at radius 3 is 2.82 bits per heavy atom. The second-order valence-corrected chi connectivity index (χ2v) is 7.52. The lowest BCUT2D eigenvalue weighted by Crippen LogP contribution is -2.43. The molecule has 1 aliphatic heterocycles. The van der Waals surface area contributed by atoms with Gasteiger partial charge in [0, 0.05) is 25.9 Å². The lowest BCUT2D eigenvalue weighted by Gasteiger charge is -2.31. The molecular formula is C20H20FN3O3S. The molecular weight excluding hydrogens is 381 g/mol. The van der Waals surface area contributed by atoms with Crippen LogP contribution < -0.4 is 14.8 Å². The lowest BCUT2D eigenvalue weighted by molar-refractivity contribution is 0.115. The number of carbonyl (C=O) groups excluding carboxylic acids is 1. The van der Waals surface area contributed by atoms with Gasteiger partial charge in [0.2, 0.25) is 0 Å². The average Bonchev–Trinajstić information content (AvgIpc) is 3.10. The number of likely N-dealkylation sites (tertiary alicyclic amines) is 1. The molecule has 0 atom stereocenters. The van der Waals surface area contributed by atoms with Crippen LogP contribution in [-0.4, -0.2) is 42.2 Å². The number of hydrogen-bond acceptors (Lipinski definition) is 5. The zero-order chi connectivity index (χ0) is 19.5. The number of nitrogens with one attached hydrogen (secondary N) is 1. The summed E-state index contributed by atoms with van der Waals surface area (Å²) in [5.41, 5.74) is 1.38. The molecule has 1 aliphatic rings. The number of para-hydroxylation sites is 2. The van der Waals surface area contributed by atoms with Crippen molar-refractivity contribution in [2.24, 2.45) is 0 Å². The molecule has 146 valence electrons. The number of hydrogen-bond donors (Lipinski definition) is 1. The number of thiazole rings is 1. The molecule has 4 rings (SSSR count). The SMILES string of the molecule is COc1ccccc1NC(=O)N1CCC(Oc2nc3ccc(F)cc3s2)CC1. The summed E-state index contributed by atoms with van der Waals surface area (Å²) in [5, 5.41) is 3.43. The zero-order valence-corrected chi connectivity index (χ0v) is 16.2. The van der Waals surface area contributed by atoms with Gasteiger partial charge in [-0.25, -0.2) is 14.2 Å². The van der Waals surface area contributed by atoms with E-state index in [1.807, 2.05) is 18.2 Å². The number of benzene rings is 2. The van der Waals surface area contributed by atoms with Gasteiger partial charge in [0.15, 0.2) is 0 Å². The Labute approximate surface area is 165 Å². The highest BCUT2D eigenvalue weighted by molar-refractivity contribution is 7.20. The van der Waals surface area contributed by atoms with Crippen LogP contribution in [-0.2, 0) is 0 Å². The highest BCUT2D eigenvalue weighted by Gasteiger charge is 2.25. The first kappa shape index (κ1) is 18.5. The van der Waals surface area contributed by atoms with Gasteiger partial charge >= 0.3 is 6.03 Å². The number of carbonyl (C=O) groups is 1. The van der Waals surface area contributed by atoms with Gasteiger partial charge in [0.05, 0.1) is 23.0 Å². The molecule has 0 spiro atoms. The molecule has 8 heteroatoms. The molecule has 1 N–H and O–H groups in total.